The summed E-state index contributed by atoms with van der Waals surface area (Å²) >= 11 is 0. The maximum atomic E-state index is 12.0. The second-order valence-corrected chi connectivity index (χ2v) is 4.47. The number of hydrogen-bond acceptors (Lipinski definition) is 3. The lowest BCUT2D eigenvalue weighted by molar-refractivity contribution is 0.0868. The fourth-order valence-corrected chi connectivity index (χ4v) is 1.83. The largest absolute Gasteiger partial charge is 0.507 e. The van der Waals surface area contributed by atoms with Crippen LogP contribution in [0.15, 0.2) is 36.4 Å². The van der Waals surface area contributed by atoms with Gasteiger partial charge in [-0.15, -0.1) is 0 Å². The molecule has 0 saturated carbocycles. The highest BCUT2D eigenvalue weighted by Crippen LogP contribution is 2.24. The number of aromatic hydroxyl groups is 1. The minimum Gasteiger partial charge on any atom is -0.507 e. The molecule has 4 heteroatoms. The van der Waals surface area contributed by atoms with Crippen LogP contribution in [-0.2, 0) is 4.74 Å². The maximum Gasteiger partial charge on any atom is 0.255 e. The normalized spacial score (nSPS) is 12.3. The molecule has 0 heterocycles. The molecule has 0 radical (unpaired) electrons. The van der Waals surface area contributed by atoms with Crippen LogP contribution in [0.1, 0.15) is 17.3 Å². The number of methoxy groups -OCH3 is 1. The zero-order chi connectivity index (χ0) is 13.8. The number of benzene rings is 2. The molecular weight excluding hydrogens is 242 g/mol. The Hall–Kier alpha value is -2.07. The SMILES string of the molecule is COC(C)CNC(=O)c1cc2ccccc2cc1O. The van der Waals surface area contributed by atoms with Crippen LogP contribution in [0.4, 0.5) is 0 Å². The fourth-order valence-electron chi connectivity index (χ4n) is 1.83. The van der Waals surface area contributed by atoms with E-state index in [-0.39, 0.29) is 23.3 Å². The lowest BCUT2D eigenvalue weighted by Crippen LogP contribution is -2.31. The second kappa shape index (κ2) is 5.71. The van der Waals surface area contributed by atoms with Gasteiger partial charge in [0, 0.05) is 13.7 Å². The molecule has 2 N–H and O–H groups in total. The van der Waals surface area contributed by atoms with Crippen molar-refractivity contribution < 1.29 is 14.6 Å². The third kappa shape index (κ3) is 3.03. The lowest BCUT2D eigenvalue weighted by atomic mass is 10.1. The minimum absolute atomic E-state index is 0.0127. The summed E-state index contributed by atoms with van der Waals surface area (Å²) in [6.07, 6.45) is -0.0634. The predicted molar refractivity (Wildman–Crippen MR) is 74.4 cm³/mol. The van der Waals surface area contributed by atoms with Gasteiger partial charge in [0.05, 0.1) is 11.7 Å². The van der Waals surface area contributed by atoms with Crippen LogP contribution < -0.4 is 5.32 Å². The summed E-state index contributed by atoms with van der Waals surface area (Å²) in [6.45, 7) is 2.27. The molecule has 1 amide bonds. The molecule has 0 aliphatic carbocycles. The van der Waals surface area contributed by atoms with E-state index in [4.69, 9.17) is 4.74 Å². The number of phenols is 1. The van der Waals surface area contributed by atoms with Gasteiger partial charge in [0.25, 0.3) is 5.91 Å². The average Bonchev–Trinajstić information content (AvgIpc) is 2.43. The molecule has 1 atom stereocenters. The van der Waals surface area contributed by atoms with Crippen molar-refractivity contribution in [2.24, 2.45) is 0 Å². The Labute approximate surface area is 112 Å². The fraction of sp³-hybridized carbons (Fsp3) is 0.267. The Morgan fingerprint density at radius 3 is 2.58 bits per heavy atom. The van der Waals surface area contributed by atoms with Crippen molar-refractivity contribution in [3.05, 3.63) is 42.0 Å². The highest BCUT2D eigenvalue weighted by atomic mass is 16.5. The zero-order valence-electron chi connectivity index (χ0n) is 11.0. The van der Waals surface area contributed by atoms with Crippen molar-refractivity contribution in [3.8, 4) is 5.75 Å². The summed E-state index contributed by atoms with van der Waals surface area (Å²) < 4.78 is 5.06. The first kappa shape index (κ1) is 13.4. The second-order valence-electron chi connectivity index (χ2n) is 4.47. The van der Waals surface area contributed by atoms with Crippen molar-refractivity contribution in [2.45, 2.75) is 13.0 Å². The maximum absolute atomic E-state index is 12.0. The molecule has 4 nitrogen and oxygen atoms in total. The Kier molecular flexibility index (Phi) is 4.02. The number of fused-ring (bicyclic) bond motifs is 1. The van der Waals surface area contributed by atoms with Gasteiger partial charge in [0.15, 0.2) is 0 Å². The van der Waals surface area contributed by atoms with Gasteiger partial charge in [0.1, 0.15) is 5.75 Å². The van der Waals surface area contributed by atoms with Crippen LogP contribution in [0.2, 0.25) is 0 Å². The number of carbonyl (C=O) groups excluding carboxylic acids is 1. The van der Waals surface area contributed by atoms with Crippen molar-refractivity contribution in [3.63, 3.8) is 0 Å². The Balaban J connectivity index is 2.24. The molecule has 0 spiro atoms. The standard InChI is InChI=1S/C15H17NO3/c1-10(19-2)9-16-15(18)13-7-11-5-3-4-6-12(11)8-14(13)17/h3-8,10,17H,9H2,1-2H3,(H,16,18). The summed E-state index contributed by atoms with van der Waals surface area (Å²) in [5.74, 6) is -0.312. The predicted octanol–water partition coefficient (Wildman–Crippen LogP) is 2.31. The highest BCUT2D eigenvalue weighted by Gasteiger charge is 2.13. The summed E-state index contributed by atoms with van der Waals surface area (Å²) in [6, 6.07) is 10.9. The van der Waals surface area contributed by atoms with Gasteiger partial charge >= 0.3 is 0 Å². The number of rotatable bonds is 4. The van der Waals surface area contributed by atoms with Gasteiger partial charge in [-0.1, -0.05) is 24.3 Å². The van der Waals surface area contributed by atoms with E-state index in [0.29, 0.717) is 6.54 Å². The number of carbonyl (C=O) groups is 1. The van der Waals surface area contributed by atoms with E-state index in [9.17, 15) is 9.90 Å². The van der Waals surface area contributed by atoms with Crippen LogP contribution in [0.25, 0.3) is 10.8 Å². The average molecular weight is 259 g/mol. The zero-order valence-corrected chi connectivity index (χ0v) is 11.0. The molecule has 0 aliphatic rings. The molecule has 2 aromatic carbocycles. The topological polar surface area (TPSA) is 58.6 Å². The summed E-state index contributed by atoms with van der Waals surface area (Å²) in [7, 11) is 1.59. The van der Waals surface area contributed by atoms with Gasteiger partial charge in [0.2, 0.25) is 0 Å². The minimum atomic E-state index is -0.299. The first-order valence-corrected chi connectivity index (χ1v) is 6.14. The van der Waals surface area contributed by atoms with Gasteiger partial charge in [-0.2, -0.15) is 0 Å². The van der Waals surface area contributed by atoms with E-state index >= 15 is 0 Å². The van der Waals surface area contributed by atoms with E-state index in [1.54, 1.807) is 19.2 Å². The van der Waals surface area contributed by atoms with Crippen molar-refractivity contribution >= 4 is 16.7 Å². The molecule has 0 saturated heterocycles. The smallest absolute Gasteiger partial charge is 0.255 e. The van der Waals surface area contributed by atoms with Gasteiger partial charge in [-0.3, -0.25) is 4.79 Å². The molecule has 2 aromatic rings. The lowest BCUT2D eigenvalue weighted by Gasteiger charge is -2.12. The Bertz CT molecular complexity index is 595. The van der Waals surface area contributed by atoms with Gasteiger partial charge in [-0.05, 0) is 29.8 Å². The van der Waals surface area contributed by atoms with Crippen molar-refractivity contribution in [1.29, 1.82) is 0 Å². The molecule has 100 valence electrons. The molecule has 0 aliphatic heterocycles. The van der Waals surface area contributed by atoms with Gasteiger partial charge < -0.3 is 15.2 Å². The van der Waals surface area contributed by atoms with Crippen LogP contribution in [0, 0.1) is 0 Å². The van der Waals surface area contributed by atoms with E-state index in [0.717, 1.165) is 10.8 Å². The molecule has 19 heavy (non-hydrogen) atoms. The highest BCUT2D eigenvalue weighted by molar-refractivity contribution is 6.01. The molecule has 0 aromatic heterocycles. The van der Waals surface area contributed by atoms with E-state index < -0.39 is 0 Å². The monoisotopic (exact) mass is 259 g/mol. The molecule has 1 unspecified atom stereocenters. The number of nitrogens with one attached hydrogen (secondary N) is 1. The van der Waals surface area contributed by atoms with Crippen LogP contribution in [-0.4, -0.2) is 30.8 Å². The summed E-state index contributed by atoms with van der Waals surface area (Å²) in [5.41, 5.74) is 0.280. The van der Waals surface area contributed by atoms with Crippen LogP contribution in [0.3, 0.4) is 0 Å². The van der Waals surface area contributed by atoms with Crippen molar-refractivity contribution in [1.82, 2.24) is 5.32 Å². The summed E-state index contributed by atoms with van der Waals surface area (Å²) in [5, 5.41) is 14.5. The van der Waals surface area contributed by atoms with E-state index in [2.05, 4.69) is 5.32 Å². The summed E-state index contributed by atoms with van der Waals surface area (Å²) in [4.78, 5) is 12.0. The number of amides is 1. The van der Waals surface area contributed by atoms with E-state index in [1.165, 1.54) is 0 Å². The first-order valence-electron chi connectivity index (χ1n) is 6.14. The molecule has 2 rings (SSSR count). The van der Waals surface area contributed by atoms with Crippen LogP contribution in [0.5, 0.6) is 5.75 Å². The third-order valence-corrected chi connectivity index (χ3v) is 3.06. The van der Waals surface area contributed by atoms with Gasteiger partial charge in [-0.25, -0.2) is 0 Å². The Morgan fingerprint density at radius 2 is 1.95 bits per heavy atom. The molecular formula is C15H17NO3. The number of hydrogen-bond donors (Lipinski definition) is 2. The van der Waals surface area contributed by atoms with E-state index in [1.807, 2.05) is 31.2 Å². The Morgan fingerprint density at radius 1 is 1.32 bits per heavy atom. The molecule has 0 fully saturated rings. The van der Waals surface area contributed by atoms with Crippen LogP contribution >= 0.6 is 0 Å². The third-order valence-electron chi connectivity index (χ3n) is 3.06. The first-order chi connectivity index (χ1) is 9.11. The number of ether oxygens (including phenoxy) is 1. The van der Waals surface area contributed by atoms with Crippen molar-refractivity contribution in [2.75, 3.05) is 13.7 Å². The molecule has 0 bridgehead atoms. The quantitative estimate of drug-likeness (QED) is 0.885. The number of phenolic OH excluding ortho intramolecular Hbond substituents is 1.